The monoisotopic (exact) mass is 395 g/mol. The zero-order valence-electron chi connectivity index (χ0n) is 14.9. The van der Waals surface area contributed by atoms with Crippen LogP contribution in [0.15, 0.2) is 83.8 Å². The van der Waals surface area contributed by atoms with Crippen molar-refractivity contribution < 1.29 is 12.8 Å². The van der Waals surface area contributed by atoms with Crippen molar-refractivity contribution in [2.45, 2.75) is 18.0 Å². The predicted molar refractivity (Wildman–Crippen MR) is 106 cm³/mol. The molecule has 0 aliphatic heterocycles. The Morgan fingerprint density at radius 3 is 2.32 bits per heavy atom. The summed E-state index contributed by atoms with van der Waals surface area (Å²) in [5, 5.41) is 5.51. The standard InChI is InChI=1S/C21H18FN3O2S/c22-17-10-12-18(13-11-17)28(26,27)23-14-20-19-8-4-5-9-21(19)25(24-20)15-16-6-2-1-3-7-16/h1-13,23H,14-15H2. The molecule has 0 spiro atoms. The van der Waals surface area contributed by atoms with Crippen LogP contribution in [-0.4, -0.2) is 18.2 Å². The normalized spacial score (nSPS) is 11.8. The van der Waals surface area contributed by atoms with Gasteiger partial charge in [0.25, 0.3) is 0 Å². The first-order chi connectivity index (χ1) is 13.5. The van der Waals surface area contributed by atoms with Crippen molar-refractivity contribution >= 4 is 20.9 Å². The Morgan fingerprint density at radius 2 is 1.57 bits per heavy atom. The van der Waals surface area contributed by atoms with Crippen molar-refractivity contribution in [2.24, 2.45) is 0 Å². The van der Waals surface area contributed by atoms with Crippen molar-refractivity contribution in [3.63, 3.8) is 0 Å². The SMILES string of the molecule is O=S(=O)(NCc1nn(Cc2ccccc2)c2ccccc12)c1ccc(F)cc1. The first kappa shape index (κ1) is 18.3. The molecule has 0 saturated heterocycles. The molecule has 0 atom stereocenters. The number of hydrogen-bond donors (Lipinski definition) is 1. The van der Waals surface area contributed by atoms with Gasteiger partial charge in [0.1, 0.15) is 5.82 Å². The number of nitrogens with zero attached hydrogens (tertiary/aromatic N) is 2. The summed E-state index contributed by atoms with van der Waals surface area (Å²) in [7, 11) is -3.76. The summed E-state index contributed by atoms with van der Waals surface area (Å²) in [6.45, 7) is 0.633. The molecule has 5 nitrogen and oxygen atoms in total. The maximum Gasteiger partial charge on any atom is 0.240 e. The summed E-state index contributed by atoms with van der Waals surface area (Å²) in [4.78, 5) is 0.0157. The maximum atomic E-state index is 13.1. The van der Waals surface area contributed by atoms with Crippen LogP contribution in [0.4, 0.5) is 4.39 Å². The number of hydrogen-bond acceptors (Lipinski definition) is 3. The van der Waals surface area contributed by atoms with E-state index >= 15 is 0 Å². The van der Waals surface area contributed by atoms with E-state index < -0.39 is 15.8 Å². The highest BCUT2D eigenvalue weighted by Gasteiger charge is 2.17. The van der Waals surface area contributed by atoms with E-state index in [0.29, 0.717) is 12.2 Å². The number of aromatic nitrogens is 2. The molecule has 1 aromatic heterocycles. The van der Waals surface area contributed by atoms with Crippen LogP contribution in [-0.2, 0) is 23.1 Å². The minimum atomic E-state index is -3.76. The van der Waals surface area contributed by atoms with Crippen LogP contribution in [0.2, 0.25) is 0 Å². The van der Waals surface area contributed by atoms with Gasteiger partial charge in [0, 0.05) is 5.39 Å². The lowest BCUT2D eigenvalue weighted by Gasteiger charge is -2.05. The number of para-hydroxylation sites is 1. The minimum absolute atomic E-state index is 0.0157. The highest BCUT2D eigenvalue weighted by molar-refractivity contribution is 7.89. The summed E-state index contributed by atoms with van der Waals surface area (Å²) in [6, 6.07) is 22.4. The molecule has 4 rings (SSSR count). The molecule has 7 heteroatoms. The number of rotatable bonds is 6. The van der Waals surface area contributed by atoms with Crippen molar-refractivity contribution in [3.05, 3.63) is 95.9 Å². The van der Waals surface area contributed by atoms with Crippen LogP contribution in [0.5, 0.6) is 0 Å². The molecule has 28 heavy (non-hydrogen) atoms. The van der Waals surface area contributed by atoms with Gasteiger partial charge in [-0.05, 0) is 35.9 Å². The van der Waals surface area contributed by atoms with Crippen LogP contribution < -0.4 is 4.72 Å². The quantitative estimate of drug-likeness (QED) is 0.541. The Balaban J connectivity index is 1.61. The van der Waals surface area contributed by atoms with Crippen LogP contribution in [0.1, 0.15) is 11.3 Å². The summed E-state index contributed by atoms with van der Waals surface area (Å²) in [6.07, 6.45) is 0. The number of benzene rings is 3. The lowest BCUT2D eigenvalue weighted by molar-refractivity contribution is 0.578. The van der Waals surface area contributed by atoms with Crippen molar-refractivity contribution in [1.29, 1.82) is 0 Å². The lowest BCUT2D eigenvalue weighted by Crippen LogP contribution is -2.23. The average molecular weight is 395 g/mol. The second-order valence-corrected chi connectivity index (χ2v) is 8.15. The lowest BCUT2D eigenvalue weighted by atomic mass is 10.2. The molecule has 0 unspecified atom stereocenters. The van der Waals surface area contributed by atoms with Gasteiger partial charge in [0.05, 0.1) is 29.2 Å². The van der Waals surface area contributed by atoms with E-state index in [1.165, 1.54) is 12.1 Å². The molecule has 4 aromatic rings. The maximum absolute atomic E-state index is 13.1. The molecule has 0 saturated carbocycles. The first-order valence-electron chi connectivity index (χ1n) is 8.76. The Hall–Kier alpha value is -3.03. The van der Waals surface area contributed by atoms with Gasteiger partial charge in [0.15, 0.2) is 0 Å². The molecule has 0 aliphatic rings. The van der Waals surface area contributed by atoms with E-state index in [-0.39, 0.29) is 11.4 Å². The molecule has 0 fully saturated rings. The summed E-state index contributed by atoms with van der Waals surface area (Å²) >= 11 is 0. The van der Waals surface area contributed by atoms with E-state index in [1.807, 2.05) is 59.3 Å². The Labute approximate surface area is 162 Å². The molecule has 0 aliphatic carbocycles. The summed E-state index contributed by atoms with van der Waals surface area (Å²) in [5.74, 6) is -0.482. The van der Waals surface area contributed by atoms with Crippen molar-refractivity contribution in [2.75, 3.05) is 0 Å². The van der Waals surface area contributed by atoms with Crippen LogP contribution in [0, 0.1) is 5.82 Å². The third kappa shape index (κ3) is 3.81. The Bertz CT molecular complexity index is 1200. The molecule has 142 valence electrons. The topological polar surface area (TPSA) is 64.0 Å². The van der Waals surface area contributed by atoms with E-state index in [1.54, 1.807) is 0 Å². The van der Waals surface area contributed by atoms with Crippen molar-refractivity contribution in [1.82, 2.24) is 14.5 Å². The molecular weight excluding hydrogens is 377 g/mol. The smallest absolute Gasteiger partial charge is 0.240 e. The van der Waals surface area contributed by atoms with Crippen LogP contribution >= 0.6 is 0 Å². The highest BCUT2D eigenvalue weighted by atomic mass is 32.2. The van der Waals surface area contributed by atoms with Gasteiger partial charge in [-0.1, -0.05) is 48.5 Å². The van der Waals surface area contributed by atoms with Gasteiger partial charge >= 0.3 is 0 Å². The van der Waals surface area contributed by atoms with E-state index in [2.05, 4.69) is 9.82 Å². The Kier molecular flexibility index (Phi) is 4.93. The largest absolute Gasteiger partial charge is 0.260 e. The molecule has 0 amide bonds. The number of fused-ring (bicyclic) bond motifs is 1. The number of halogens is 1. The second kappa shape index (κ2) is 7.53. The van der Waals surface area contributed by atoms with Crippen LogP contribution in [0.3, 0.4) is 0 Å². The zero-order chi connectivity index (χ0) is 19.6. The Morgan fingerprint density at radius 1 is 0.893 bits per heavy atom. The van der Waals surface area contributed by atoms with Crippen LogP contribution in [0.25, 0.3) is 10.9 Å². The van der Waals surface area contributed by atoms with Gasteiger partial charge in [-0.25, -0.2) is 17.5 Å². The van der Waals surface area contributed by atoms with Gasteiger partial charge < -0.3 is 0 Å². The van der Waals surface area contributed by atoms with E-state index in [0.717, 1.165) is 28.6 Å². The molecular formula is C21H18FN3O2S. The third-order valence-corrected chi connectivity index (χ3v) is 5.88. The number of nitrogens with one attached hydrogen (secondary N) is 1. The van der Waals surface area contributed by atoms with Gasteiger partial charge in [-0.2, -0.15) is 5.10 Å². The highest BCUT2D eigenvalue weighted by Crippen LogP contribution is 2.20. The number of sulfonamides is 1. The summed E-state index contributed by atoms with van der Waals surface area (Å²) < 4.78 is 42.4. The van der Waals surface area contributed by atoms with E-state index in [9.17, 15) is 12.8 Å². The molecule has 1 N–H and O–H groups in total. The fourth-order valence-electron chi connectivity index (χ4n) is 3.06. The first-order valence-corrected chi connectivity index (χ1v) is 10.2. The van der Waals surface area contributed by atoms with Crippen molar-refractivity contribution in [3.8, 4) is 0 Å². The average Bonchev–Trinajstić information content (AvgIpc) is 3.05. The third-order valence-electron chi connectivity index (χ3n) is 4.46. The van der Waals surface area contributed by atoms with E-state index in [4.69, 9.17) is 0 Å². The zero-order valence-corrected chi connectivity index (χ0v) is 15.7. The fourth-order valence-corrected chi connectivity index (χ4v) is 4.05. The van der Waals surface area contributed by atoms with Gasteiger partial charge in [-0.3, -0.25) is 4.68 Å². The molecule has 1 heterocycles. The second-order valence-electron chi connectivity index (χ2n) is 6.39. The minimum Gasteiger partial charge on any atom is -0.260 e. The molecule has 0 radical (unpaired) electrons. The molecule has 0 bridgehead atoms. The van der Waals surface area contributed by atoms with Gasteiger partial charge in [0.2, 0.25) is 10.0 Å². The fraction of sp³-hybridized carbons (Fsp3) is 0.0952. The summed E-state index contributed by atoms with van der Waals surface area (Å²) in [5.41, 5.74) is 2.67. The molecule has 3 aromatic carbocycles. The predicted octanol–water partition coefficient (Wildman–Crippen LogP) is 3.70. The van der Waals surface area contributed by atoms with Gasteiger partial charge in [-0.15, -0.1) is 0 Å².